The zero-order valence-electron chi connectivity index (χ0n) is 18.9. The average molecular weight is 405 g/mol. The number of hydrogen-bond acceptors (Lipinski definition) is 2. The Morgan fingerprint density at radius 3 is 2.23 bits per heavy atom. The molecule has 1 spiro atoms. The van der Waals surface area contributed by atoms with E-state index >= 15 is 0 Å². The number of amides is 1. The van der Waals surface area contributed by atoms with E-state index in [1.807, 2.05) is 0 Å². The van der Waals surface area contributed by atoms with E-state index in [9.17, 15) is 4.79 Å². The van der Waals surface area contributed by atoms with Crippen molar-refractivity contribution in [2.75, 3.05) is 13.1 Å². The number of hydrogen-bond donors (Lipinski definition) is 0. The van der Waals surface area contributed by atoms with E-state index in [1.165, 1.54) is 28.7 Å². The lowest BCUT2D eigenvalue weighted by Crippen LogP contribution is -2.45. The number of aryl methyl sites for hydroxylation is 1. The van der Waals surface area contributed by atoms with Crippen molar-refractivity contribution in [1.82, 2.24) is 9.80 Å². The predicted molar refractivity (Wildman–Crippen MR) is 123 cm³/mol. The van der Waals surface area contributed by atoms with Gasteiger partial charge in [0.15, 0.2) is 0 Å². The number of carbonyl (C=O) groups is 1. The van der Waals surface area contributed by atoms with Gasteiger partial charge in [0.2, 0.25) is 5.91 Å². The molecule has 160 valence electrons. The zero-order valence-corrected chi connectivity index (χ0v) is 18.9. The predicted octanol–water partition coefficient (Wildman–Crippen LogP) is 5.67. The Labute approximate surface area is 182 Å². The Balaban J connectivity index is 1.42. The average Bonchev–Trinajstić information content (AvgIpc) is 2.90. The number of benzene rings is 2. The van der Waals surface area contributed by atoms with Gasteiger partial charge in [0.05, 0.1) is 0 Å². The standard InChI is InChI=1S/C27H36N2O/c1-21(2)25-11-9-23(10-12-25)19-28-17-4-14-27(16-18-28)15-13-26(30)29(27)20-24-7-5-22(3)6-8-24/h5-12,21H,4,13-20H2,1-3H3. The highest BCUT2D eigenvalue weighted by Gasteiger charge is 2.45. The molecule has 0 N–H and O–H groups in total. The second kappa shape index (κ2) is 8.93. The molecule has 2 aromatic carbocycles. The number of carbonyl (C=O) groups excluding carboxylic acids is 1. The number of likely N-dealkylation sites (tertiary alicyclic amines) is 2. The highest BCUT2D eigenvalue weighted by Crippen LogP contribution is 2.40. The fraction of sp³-hybridized carbons (Fsp3) is 0.519. The summed E-state index contributed by atoms with van der Waals surface area (Å²) in [4.78, 5) is 17.6. The summed E-state index contributed by atoms with van der Waals surface area (Å²) in [5.41, 5.74) is 5.38. The molecule has 2 aliphatic rings. The summed E-state index contributed by atoms with van der Waals surface area (Å²) in [6.07, 6.45) is 5.13. The summed E-state index contributed by atoms with van der Waals surface area (Å²) in [6.45, 7) is 10.6. The van der Waals surface area contributed by atoms with Crippen LogP contribution in [0.1, 0.15) is 74.1 Å². The van der Waals surface area contributed by atoms with Crippen LogP contribution in [-0.2, 0) is 17.9 Å². The second-order valence-corrected chi connectivity index (χ2v) is 9.72. The molecule has 2 saturated heterocycles. The molecular weight excluding hydrogens is 368 g/mol. The third-order valence-corrected chi connectivity index (χ3v) is 7.20. The molecule has 1 unspecified atom stereocenters. The fourth-order valence-electron chi connectivity index (χ4n) is 5.18. The van der Waals surface area contributed by atoms with Gasteiger partial charge in [0, 0.05) is 31.6 Å². The molecule has 0 aromatic heterocycles. The summed E-state index contributed by atoms with van der Waals surface area (Å²) in [6, 6.07) is 17.8. The van der Waals surface area contributed by atoms with Gasteiger partial charge in [-0.05, 0) is 61.8 Å². The van der Waals surface area contributed by atoms with Gasteiger partial charge >= 0.3 is 0 Å². The molecule has 30 heavy (non-hydrogen) atoms. The van der Waals surface area contributed by atoms with Gasteiger partial charge in [-0.1, -0.05) is 67.9 Å². The Bertz CT molecular complexity index is 855. The highest BCUT2D eigenvalue weighted by atomic mass is 16.2. The van der Waals surface area contributed by atoms with Crippen molar-refractivity contribution in [3.8, 4) is 0 Å². The van der Waals surface area contributed by atoms with Gasteiger partial charge in [-0.2, -0.15) is 0 Å². The highest BCUT2D eigenvalue weighted by molar-refractivity contribution is 5.79. The van der Waals surface area contributed by atoms with Crippen LogP contribution in [0.3, 0.4) is 0 Å². The molecule has 1 atom stereocenters. The van der Waals surface area contributed by atoms with Crippen molar-refractivity contribution in [3.63, 3.8) is 0 Å². The van der Waals surface area contributed by atoms with Gasteiger partial charge in [0.1, 0.15) is 0 Å². The normalized spacial score (nSPS) is 22.8. The number of nitrogens with zero attached hydrogens (tertiary/aromatic N) is 2. The third kappa shape index (κ3) is 4.62. The molecule has 4 rings (SSSR count). The number of rotatable bonds is 5. The molecule has 0 radical (unpaired) electrons. The molecular formula is C27H36N2O. The van der Waals surface area contributed by atoms with Crippen molar-refractivity contribution in [1.29, 1.82) is 0 Å². The van der Waals surface area contributed by atoms with E-state index in [-0.39, 0.29) is 5.54 Å². The first kappa shape index (κ1) is 21.1. The van der Waals surface area contributed by atoms with Gasteiger partial charge in [-0.15, -0.1) is 0 Å². The van der Waals surface area contributed by atoms with Crippen molar-refractivity contribution >= 4 is 5.91 Å². The molecule has 0 saturated carbocycles. The van der Waals surface area contributed by atoms with Gasteiger partial charge in [-0.25, -0.2) is 0 Å². The molecule has 0 aliphatic carbocycles. The van der Waals surface area contributed by atoms with E-state index in [4.69, 9.17) is 0 Å². The van der Waals surface area contributed by atoms with Crippen LogP contribution in [0.15, 0.2) is 48.5 Å². The maximum Gasteiger partial charge on any atom is 0.223 e. The molecule has 2 aliphatic heterocycles. The monoisotopic (exact) mass is 404 g/mol. The van der Waals surface area contributed by atoms with Gasteiger partial charge in [-0.3, -0.25) is 9.69 Å². The lowest BCUT2D eigenvalue weighted by Gasteiger charge is -2.38. The van der Waals surface area contributed by atoms with Crippen LogP contribution in [0.5, 0.6) is 0 Å². The second-order valence-electron chi connectivity index (χ2n) is 9.72. The van der Waals surface area contributed by atoms with Crippen LogP contribution in [0, 0.1) is 6.92 Å². The molecule has 2 heterocycles. The van der Waals surface area contributed by atoms with E-state index in [0.29, 0.717) is 18.2 Å². The smallest absolute Gasteiger partial charge is 0.223 e. The Kier molecular flexibility index (Phi) is 6.29. The molecule has 3 heteroatoms. The van der Waals surface area contributed by atoms with Crippen LogP contribution in [0.4, 0.5) is 0 Å². The van der Waals surface area contributed by atoms with Crippen LogP contribution < -0.4 is 0 Å². The van der Waals surface area contributed by atoms with Crippen LogP contribution in [0.25, 0.3) is 0 Å². The summed E-state index contributed by atoms with van der Waals surface area (Å²) in [5, 5.41) is 0. The first-order valence-electron chi connectivity index (χ1n) is 11.6. The summed E-state index contributed by atoms with van der Waals surface area (Å²) >= 11 is 0. The SMILES string of the molecule is Cc1ccc(CN2C(=O)CCC23CCCN(Cc2ccc(C(C)C)cc2)CC3)cc1. The molecule has 2 aromatic rings. The molecule has 0 bridgehead atoms. The quantitative estimate of drug-likeness (QED) is 0.641. The van der Waals surface area contributed by atoms with E-state index < -0.39 is 0 Å². The van der Waals surface area contributed by atoms with Crippen LogP contribution >= 0.6 is 0 Å². The maximum atomic E-state index is 12.8. The lowest BCUT2D eigenvalue weighted by molar-refractivity contribution is -0.132. The largest absolute Gasteiger partial charge is 0.333 e. The van der Waals surface area contributed by atoms with Crippen molar-refractivity contribution in [2.45, 2.75) is 77.4 Å². The Morgan fingerprint density at radius 2 is 1.53 bits per heavy atom. The fourth-order valence-corrected chi connectivity index (χ4v) is 5.18. The summed E-state index contributed by atoms with van der Waals surface area (Å²) < 4.78 is 0. The van der Waals surface area contributed by atoms with E-state index in [0.717, 1.165) is 45.4 Å². The summed E-state index contributed by atoms with van der Waals surface area (Å²) in [7, 11) is 0. The molecule has 1 amide bonds. The van der Waals surface area contributed by atoms with Crippen LogP contribution in [-0.4, -0.2) is 34.3 Å². The minimum Gasteiger partial charge on any atom is -0.333 e. The Hall–Kier alpha value is -2.13. The zero-order chi connectivity index (χ0) is 21.1. The molecule has 2 fully saturated rings. The van der Waals surface area contributed by atoms with E-state index in [2.05, 4.69) is 79.1 Å². The topological polar surface area (TPSA) is 23.6 Å². The first-order chi connectivity index (χ1) is 14.4. The van der Waals surface area contributed by atoms with Crippen molar-refractivity contribution in [3.05, 3.63) is 70.8 Å². The van der Waals surface area contributed by atoms with E-state index in [1.54, 1.807) is 0 Å². The van der Waals surface area contributed by atoms with Crippen molar-refractivity contribution in [2.24, 2.45) is 0 Å². The Morgan fingerprint density at radius 1 is 0.867 bits per heavy atom. The maximum absolute atomic E-state index is 12.8. The van der Waals surface area contributed by atoms with Crippen molar-refractivity contribution < 1.29 is 4.79 Å². The minimum atomic E-state index is 0.0538. The summed E-state index contributed by atoms with van der Waals surface area (Å²) in [5.74, 6) is 0.921. The van der Waals surface area contributed by atoms with Gasteiger partial charge in [0.25, 0.3) is 0 Å². The van der Waals surface area contributed by atoms with Crippen LogP contribution in [0.2, 0.25) is 0 Å². The lowest BCUT2D eigenvalue weighted by atomic mass is 9.87. The third-order valence-electron chi connectivity index (χ3n) is 7.20. The minimum absolute atomic E-state index is 0.0538. The molecule has 3 nitrogen and oxygen atoms in total. The van der Waals surface area contributed by atoms with Gasteiger partial charge < -0.3 is 4.90 Å². The first-order valence-corrected chi connectivity index (χ1v) is 11.6.